The van der Waals surface area contributed by atoms with Gasteiger partial charge in [0.05, 0.1) is 17.5 Å². The summed E-state index contributed by atoms with van der Waals surface area (Å²) >= 11 is 0. The van der Waals surface area contributed by atoms with E-state index in [-0.39, 0.29) is 12.5 Å². The number of rotatable bonds is 2. The van der Waals surface area contributed by atoms with Crippen LogP contribution in [0.3, 0.4) is 0 Å². The second kappa shape index (κ2) is 5.89. The SMILES string of the molecule is Cc1ccc(NC(=O)c2ccoc2)c(C#CCO)c1. The first-order valence-corrected chi connectivity index (χ1v) is 5.74. The number of benzene rings is 1. The quantitative estimate of drug-likeness (QED) is 0.808. The van der Waals surface area contributed by atoms with Gasteiger partial charge in [-0.3, -0.25) is 4.79 Å². The summed E-state index contributed by atoms with van der Waals surface area (Å²) in [6, 6.07) is 7.11. The number of carbonyl (C=O) groups excluding carboxylic acids is 1. The molecule has 1 aromatic carbocycles. The van der Waals surface area contributed by atoms with E-state index in [0.29, 0.717) is 16.8 Å². The molecule has 0 unspecified atom stereocenters. The molecule has 0 atom stereocenters. The molecule has 0 fully saturated rings. The summed E-state index contributed by atoms with van der Waals surface area (Å²) < 4.78 is 4.87. The maximum atomic E-state index is 11.9. The summed E-state index contributed by atoms with van der Waals surface area (Å²) in [5.74, 6) is 5.13. The van der Waals surface area contributed by atoms with Crippen molar-refractivity contribution < 1.29 is 14.3 Å². The van der Waals surface area contributed by atoms with Crippen LogP contribution in [-0.4, -0.2) is 17.6 Å². The zero-order chi connectivity index (χ0) is 13.7. The number of aliphatic hydroxyl groups excluding tert-OH is 1. The van der Waals surface area contributed by atoms with Crippen LogP contribution in [0.2, 0.25) is 0 Å². The highest BCUT2D eigenvalue weighted by atomic mass is 16.3. The normalized spacial score (nSPS) is 9.58. The van der Waals surface area contributed by atoms with Gasteiger partial charge in [-0.15, -0.1) is 0 Å². The second-order valence-corrected chi connectivity index (χ2v) is 3.98. The number of carbonyl (C=O) groups is 1. The summed E-state index contributed by atoms with van der Waals surface area (Å²) in [5, 5.41) is 11.5. The largest absolute Gasteiger partial charge is 0.472 e. The molecule has 0 aliphatic rings. The summed E-state index contributed by atoms with van der Waals surface area (Å²) in [5.41, 5.74) is 2.76. The molecule has 4 heteroatoms. The number of aliphatic hydroxyl groups is 1. The standard InChI is InChI=1S/C15H13NO3/c1-11-4-5-14(12(9-11)3-2-7-17)16-15(18)13-6-8-19-10-13/h4-6,8-10,17H,7H2,1H3,(H,16,18). The third-order valence-corrected chi connectivity index (χ3v) is 2.51. The molecule has 2 N–H and O–H groups in total. The first kappa shape index (κ1) is 12.9. The van der Waals surface area contributed by atoms with Crippen LogP contribution in [0.25, 0.3) is 0 Å². The van der Waals surface area contributed by atoms with Gasteiger partial charge in [0.2, 0.25) is 0 Å². The van der Waals surface area contributed by atoms with E-state index in [4.69, 9.17) is 9.52 Å². The highest BCUT2D eigenvalue weighted by molar-refractivity contribution is 6.04. The first-order valence-electron chi connectivity index (χ1n) is 5.74. The Morgan fingerprint density at radius 1 is 1.42 bits per heavy atom. The number of nitrogens with one attached hydrogen (secondary N) is 1. The number of amides is 1. The van der Waals surface area contributed by atoms with E-state index >= 15 is 0 Å². The molecule has 0 bridgehead atoms. The number of hydrogen-bond acceptors (Lipinski definition) is 3. The zero-order valence-electron chi connectivity index (χ0n) is 10.4. The third kappa shape index (κ3) is 3.24. The Bertz CT molecular complexity index is 633. The number of furan rings is 1. The van der Waals surface area contributed by atoms with E-state index in [1.165, 1.54) is 12.5 Å². The Hall–Kier alpha value is -2.51. The van der Waals surface area contributed by atoms with Gasteiger partial charge in [0, 0.05) is 5.56 Å². The molecular weight excluding hydrogens is 242 g/mol. The monoisotopic (exact) mass is 255 g/mol. The second-order valence-electron chi connectivity index (χ2n) is 3.98. The molecule has 0 saturated heterocycles. The molecule has 2 rings (SSSR count). The average molecular weight is 255 g/mol. The molecule has 0 aliphatic heterocycles. The lowest BCUT2D eigenvalue weighted by atomic mass is 10.1. The van der Waals surface area contributed by atoms with Crippen LogP contribution in [0.1, 0.15) is 21.5 Å². The van der Waals surface area contributed by atoms with E-state index in [0.717, 1.165) is 5.56 Å². The van der Waals surface area contributed by atoms with Gasteiger partial charge in [-0.2, -0.15) is 0 Å². The Morgan fingerprint density at radius 3 is 2.95 bits per heavy atom. The van der Waals surface area contributed by atoms with Gasteiger partial charge in [0.1, 0.15) is 12.9 Å². The molecule has 96 valence electrons. The van der Waals surface area contributed by atoms with Crippen LogP contribution in [-0.2, 0) is 0 Å². The molecule has 2 aromatic rings. The van der Waals surface area contributed by atoms with Crippen LogP contribution in [0.5, 0.6) is 0 Å². The van der Waals surface area contributed by atoms with Gasteiger partial charge >= 0.3 is 0 Å². The fourth-order valence-corrected chi connectivity index (χ4v) is 1.59. The molecule has 0 aliphatic carbocycles. The zero-order valence-corrected chi connectivity index (χ0v) is 10.4. The van der Waals surface area contributed by atoms with Gasteiger partial charge in [-0.05, 0) is 30.7 Å². The molecule has 4 nitrogen and oxygen atoms in total. The molecule has 19 heavy (non-hydrogen) atoms. The van der Waals surface area contributed by atoms with E-state index < -0.39 is 0 Å². The Kier molecular flexibility index (Phi) is 4.01. The topological polar surface area (TPSA) is 62.5 Å². The highest BCUT2D eigenvalue weighted by Crippen LogP contribution is 2.17. The van der Waals surface area contributed by atoms with Crippen LogP contribution in [0.15, 0.2) is 41.2 Å². The minimum absolute atomic E-state index is 0.219. The molecule has 0 spiro atoms. The lowest BCUT2D eigenvalue weighted by molar-refractivity contribution is 0.102. The predicted molar refractivity (Wildman–Crippen MR) is 71.8 cm³/mol. The molecular formula is C15H13NO3. The summed E-state index contributed by atoms with van der Waals surface area (Å²) in [6.45, 7) is 1.72. The molecule has 1 aromatic heterocycles. The smallest absolute Gasteiger partial charge is 0.258 e. The van der Waals surface area contributed by atoms with Crippen molar-refractivity contribution in [3.63, 3.8) is 0 Å². The lowest BCUT2D eigenvalue weighted by Crippen LogP contribution is -2.12. The van der Waals surface area contributed by atoms with E-state index in [1.54, 1.807) is 12.1 Å². The van der Waals surface area contributed by atoms with Crippen molar-refractivity contribution in [1.82, 2.24) is 0 Å². The Labute approximate surface area is 111 Å². The van der Waals surface area contributed by atoms with Crippen LogP contribution in [0.4, 0.5) is 5.69 Å². The molecule has 1 amide bonds. The van der Waals surface area contributed by atoms with Crippen molar-refractivity contribution in [3.8, 4) is 11.8 Å². The number of aryl methyl sites for hydroxylation is 1. The molecule has 0 radical (unpaired) electrons. The van der Waals surface area contributed by atoms with Gasteiger partial charge in [0.15, 0.2) is 0 Å². The van der Waals surface area contributed by atoms with Crippen molar-refractivity contribution in [2.24, 2.45) is 0 Å². The van der Waals surface area contributed by atoms with Crippen LogP contribution in [0, 0.1) is 18.8 Å². The molecule has 1 heterocycles. The van der Waals surface area contributed by atoms with Gasteiger partial charge in [0.25, 0.3) is 5.91 Å². The number of anilines is 1. The van der Waals surface area contributed by atoms with Gasteiger partial charge in [-0.1, -0.05) is 17.9 Å². The van der Waals surface area contributed by atoms with E-state index in [2.05, 4.69) is 17.2 Å². The number of hydrogen-bond donors (Lipinski definition) is 2. The van der Waals surface area contributed by atoms with Crippen molar-refractivity contribution in [1.29, 1.82) is 0 Å². The Balaban J connectivity index is 2.27. The van der Waals surface area contributed by atoms with Crippen molar-refractivity contribution >= 4 is 11.6 Å². The van der Waals surface area contributed by atoms with Crippen molar-refractivity contribution in [3.05, 3.63) is 53.5 Å². The van der Waals surface area contributed by atoms with Crippen LogP contribution < -0.4 is 5.32 Å². The van der Waals surface area contributed by atoms with Crippen molar-refractivity contribution in [2.75, 3.05) is 11.9 Å². The summed E-state index contributed by atoms with van der Waals surface area (Å²) in [7, 11) is 0. The summed E-state index contributed by atoms with van der Waals surface area (Å²) in [4.78, 5) is 11.9. The fraction of sp³-hybridized carbons (Fsp3) is 0.133. The van der Waals surface area contributed by atoms with Crippen molar-refractivity contribution in [2.45, 2.75) is 6.92 Å². The first-order chi connectivity index (χ1) is 9.20. The predicted octanol–water partition coefficient (Wildman–Crippen LogP) is 2.18. The fourth-order valence-electron chi connectivity index (χ4n) is 1.59. The summed E-state index contributed by atoms with van der Waals surface area (Å²) in [6.07, 6.45) is 2.82. The Morgan fingerprint density at radius 2 is 2.26 bits per heavy atom. The van der Waals surface area contributed by atoms with Crippen LogP contribution >= 0.6 is 0 Å². The molecule has 0 saturated carbocycles. The minimum atomic E-state index is -0.260. The highest BCUT2D eigenvalue weighted by Gasteiger charge is 2.09. The third-order valence-electron chi connectivity index (χ3n) is 2.51. The average Bonchev–Trinajstić information content (AvgIpc) is 2.93. The van der Waals surface area contributed by atoms with Gasteiger partial charge < -0.3 is 14.8 Å². The van der Waals surface area contributed by atoms with E-state index in [1.807, 2.05) is 19.1 Å². The lowest BCUT2D eigenvalue weighted by Gasteiger charge is -2.07. The minimum Gasteiger partial charge on any atom is -0.472 e. The van der Waals surface area contributed by atoms with Gasteiger partial charge in [-0.25, -0.2) is 0 Å². The van der Waals surface area contributed by atoms with E-state index in [9.17, 15) is 4.79 Å². The maximum absolute atomic E-state index is 11.9. The maximum Gasteiger partial charge on any atom is 0.258 e.